The summed E-state index contributed by atoms with van der Waals surface area (Å²) in [7, 11) is 1.89. The Morgan fingerprint density at radius 1 is 1.06 bits per heavy atom. The predicted molar refractivity (Wildman–Crippen MR) is 125 cm³/mol. The minimum atomic E-state index is -0.289. The summed E-state index contributed by atoms with van der Waals surface area (Å²) in [5.41, 5.74) is 4.71. The van der Waals surface area contributed by atoms with Crippen LogP contribution in [0.5, 0.6) is 0 Å². The normalized spacial score (nSPS) is 15.3. The number of fused-ring (bicyclic) bond motifs is 2. The van der Waals surface area contributed by atoms with Gasteiger partial charge in [0.1, 0.15) is 17.7 Å². The molecule has 32 heavy (non-hydrogen) atoms. The van der Waals surface area contributed by atoms with E-state index < -0.39 is 0 Å². The molecular formula is C24H28N6O2. The fraction of sp³-hybridized carbons (Fsp3) is 0.417. The first-order chi connectivity index (χ1) is 15.4. The fourth-order valence-corrected chi connectivity index (χ4v) is 4.70. The third-order valence-corrected chi connectivity index (χ3v) is 6.41. The standard InChI is InChI=1S/C24H28N6O2/c1-15(2)18-11-19-17(10-22(31)32-21(19)9-16(18)3)13-29-5-7-30(8-6-29)24-20-12-27-28(4)23(20)25-14-26-24/h9-12,14-15H,5-8,13H2,1-4H3. The Morgan fingerprint density at radius 3 is 2.59 bits per heavy atom. The van der Waals surface area contributed by atoms with Crippen LogP contribution in [-0.4, -0.2) is 50.8 Å². The maximum Gasteiger partial charge on any atom is 0.336 e. The van der Waals surface area contributed by atoms with Crippen LogP contribution in [0.25, 0.3) is 22.0 Å². The molecule has 1 aromatic carbocycles. The van der Waals surface area contributed by atoms with Crippen LogP contribution in [-0.2, 0) is 13.6 Å². The van der Waals surface area contributed by atoms with Gasteiger partial charge in [0.05, 0.1) is 11.6 Å². The molecule has 0 saturated carbocycles. The van der Waals surface area contributed by atoms with Crippen LogP contribution < -0.4 is 10.5 Å². The van der Waals surface area contributed by atoms with Crippen molar-refractivity contribution < 1.29 is 4.42 Å². The number of piperazine rings is 1. The van der Waals surface area contributed by atoms with Gasteiger partial charge in [-0.05, 0) is 41.7 Å². The summed E-state index contributed by atoms with van der Waals surface area (Å²) in [5, 5.41) is 6.34. The minimum Gasteiger partial charge on any atom is -0.423 e. The number of hydrogen-bond donors (Lipinski definition) is 0. The van der Waals surface area contributed by atoms with Crippen molar-refractivity contribution in [1.82, 2.24) is 24.6 Å². The summed E-state index contributed by atoms with van der Waals surface area (Å²) >= 11 is 0. The molecule has 0 amide bonds. The summed E-state index contributed by atoms with van der Waals surface area (Å²) in [5.74, 6) is 1.35. The Bertz CT molecular complexity index is 1350. The van der Waals surface area contributed by atoms with Crippen molar-refractivity contribution in [3.63, 3.8) is 0 Å². The first-order valence-electron chi connectivity index (χ1n) is 11.1. The van der Waals surface area contributed by atoms with E-state index in [4.69, 9.17) is 4.42 Å². The lowest BCUT2D eigenvalue weighted by molar-refractivity contribution is 0.250. The lowest BCUT2D eigenvalue weighted by Gasteiger charge is -2.35. The highest BCUT2D eigenvalue weighted by Crippen LogP contribution is 2.28. The summed E-state index contributed by atoms with van der Waals surface area (Å²) in [6.45, 7) is 10.7. The van der Waals surface area contributed by atoms with Crippen LogP contribution >= 0.6 is 0 Å². The third-order valence-electron chi connectivity index (χ3n) is 6.41. The van der Waals surface area contributed by atoms with Crippen LogP contribution in [0.1, 0.15) is 36.5 Å². The second-order valence-electron chi connectivity index (χ2n) is 8.92. The van der Waals surface area contributed by atoms with Crippen LogP contribution in [0.4, 0.5) is 5.82 Å². The fourth-order valence-electron chi connectivity index (χ4n) is 4.70. The Morgan fingerprint density at radius 2 is 1.84 bits per heavy atom. The molecule has 1 fully saturated rings. The van der Waals surface area contributed by atoms with Crippen molar-refractivity contribution in [3.8, 4) is 0 Å². The molecule has 0 N–H and O–H groups in total. The molecular weight excluding hydrogens is 404 g/mol. The number of rotatable bonds is 4. The predicted octanol–water partition coefficient (Wildman–Crippen LogP) is 3.22. The molecule has 0 bridgehead atoms. The van der Waals surface area contributed by atoms with Crippen molar-refractivity contribution in [3.05, 3.63) is 57.8 Å². The van der Waals surface area contributed by atoms with Crippen LogP contribution in [0.2, 0.25) is 0 Å². The highest BCUT2D eigenvalue weighted by Gasteiger charge is 2.22. The van der Waals surface area contributed by atoms with Gasteiger partial charge in [-0.2, -0.15) is 5.10 Å². The minimum absolute atomic E-state index is 0.289. The van der Waals surface area contributed by atoms with Crippen molar-refractivity contribution in [2.45, 2.75) is 33.2 Å². The average molecular weight is 433 g/mol. The molecule has 4 heterocycles. The van der Waals surface area contributed by atoms with Crippen LogP contribution in [0, 0.1) is 6.92 Å². The number of aryl methyl sites for hydroxylation is 2. The first kappa shape index (κ1) is 20.6. The zero-order chi connectivity index (χ0) is 22.4. The van der Waals surface area contributed by atoms with Gasteiger partial charge in [-0.25, -0.2) is 14.8 Å². The Hall–Kier alpha value is -3.26. The molecule has 5 rings (SSSR count). The van der Waals surface area contributed by atoms with Gasteiger partial charge in [0.15, 0.2) is 5.65 Å². The summed E-state index contributed by atoms with van der Waals surface area (Å²) < 4.78 is 7.29. The number of hydrogen-bond acceptors (Lipinski definition) is 7. The van der Waals surface area contributed by atoms with Gasteiger partial charge >= 0.3 is 5.63 Å². The molecule has 0 aliphatic carbocycles. The van der Waals surface area contributed by atoms with Crippen molar-refractivity contribution >= 4 is 27.8 Å². The number of benzene rings is 1. The van der Waals surface area contributed by atoms with Gasteiger partial charge < -0.3 is 9.32 Å². The molecule has 3 aromatic heterocycles. The highest BCUT2D eigenvalue weighted by molar-refractivity contribution is 5.86. The topological polar surface area (TPSA) is 80.3 Å². The van der Waals surface area contributed by atoms with E-state index >= 15 is 0 Å². The monoisotopic (exact) mass is 432 g/mol. The number of nitrogens with zero attached hydrogens (tertiary/aromatic N) is 6. The van der Waals surface area contributed by atoms with Crippen LogP contribution in [0.15, 0.2) is 39.9 Å². The largest absolute Gasteiger partial charge is 0.423 e. The Kier molecular flexibility index (Phi) is 5.17. The van der Waals surface area contributed by atoms with Gasteiger partial charge in [0.2, 0.25) is 0 Å². The maximum absolute atomic E-state index is 12.2. The first-order valence-corrected chi connectivity index (χ1v) is 11.1. The molecule has 1 aliphatic rings. The molecule has 0 atom stereocenters. The van der Waals surface area contributed by atoms with E-state index in [-0.39, 0.29) is 5.63 Å². The maximum atomic E-state index is 12.2. The van der Waals surface area contributed by atoms with Crippen molar-refractivity contribution in [2.24, 2.45) is 7.05 Å². The van der Waals surface area contributed by atoms with Crippen molar-refractivity contribution in [2.75, 3.05) is 31.1 Å². The molecule has 8 heteroatoms. The van der Waals surface area contributed by atoms with E-state index in [1.54, 1.807) is 17.1 Å². The molecule has 0 radical (unpaired) electrons. The van der Waals surface area contributed by atoms with Crippen molar-refractivity contribution in [1.29, 1.82) is 0 Å². The number of aromatic nitrogens is 4. The van der Waals surface area contributed by atoms with Gasteiger partial charge in [-0.15, -0.1) is 0 Å². The van der Waals surface area contributed by atoms with E-state index in [1.165, 1.54) is 5.56 Å². The van der Waals surface area contributed by atoms with Gasteiger partial charge in [-0.3, -0.25) is 9.58 Å². The number of anilines is 1. The highest BCUT2D eigenvalue weighted by atomic mass is 16.4. The lowest BCUT2D eigenvalue weighted by Crippen LogP contribution is -2.46. The molecule has 0 spiro atoms. The van der Waals surface area contributed by atoms with Gasteiger partial charge in [0.25, 0.3) is 0 Å². The van der Waals surface area contributed by atoms with Gasteiger partial charge in [-0.1, -0.05) is 13.8 Å². The second kappa shape index (κ2) is 8.02. The summed E-state index contributed by atoms with van der Waals surface area (Å²) in [6.07, 6.45) is 3.44. The molecule has 4 aromatic rings. The van der Waals surface area contributed by atoms with E-state index in [2.05, 4.69) is 51.7 Å². The van der Waals surface area contributed by atoms with E-state index in [1.807, 2.05) is 19.3 Å². The second-order valence-corrected chi connectivity index (χ2v) is 8.92. The van der Waals surface area contributed by atoms with E-state index in [0.717, 1.165) is 66.1 Å². The molecule has 0 unspecified atom stereocenters. The smallest absolute Gasteiger partial charge is 0.336 e. The average Bonchev–Trinajstić information content (AvgIpc) is 3.14. The molecule has 166 valence electrons. The van der Waals surface area contributed by atoms with Gasteiger partial charge in [0, 0.05) is 51.2 Å². The zero-order valence-corrected chi connectivity index (χ0v) is 19.0. The SMILES string of the molecule is Cc1cc2oc(=O)cc(CN3CCN(c4ncnc5c4cnn5C)CC3)c2cc1C(C)C. The molecule has 8 nitrogen and oxygen atoms in total. The Balaban J connectivity index is 1.38. The molecule has 1 saturated heterocycles. The Labute approximate surface area is 186 Å². The summed E-state index contributed by atoms with van der Waals surface area (Å²) in [4.78, 5) is 25.8. The molecule has 1 aliphatic heterocycles. The zero-order valence-electron chi connectivity index (χ0n) is 19.0. The van der Waals surface area contributed by atoms with Crippen LogP contribution in [0.3, 0.4) is 0 Å². The quantitative estimate of drug-likeness (QED) is 0.458. The third kappa shape index (κ3) is 3.64. The van der Waals surface area contributed by atoms with E-state index in [9.17, 15) is 4.79 Å². The lowest BCUT2D eigenvalue weighted by atomic mass is 9.95. The summed E-state index contributed by atoms with van der Waals surface area (Å²) in [6, 6.07) is 5.85. The van der Waals surface area contributed by atoms with E-state index in [0.29, 0.717) is 11.5 Å².